The lowest BCUT2D eigenvalue weighted by Gasteiger charge is -2.13. The fourth-order valence-corrected chi connectivity index (χ4v) is 4.26. The molecule has 0 bridgehead atoms. The summed E-state index contributed by atoms with van der Waals surface area (Å²) >= 11 is 12.4. The summed E-state index contributed by atoms with van der Waals surface area (Å²) in [7, 11) is -2.31. The third-order valence-electron chi connectivity index (χ3n) is 4.27. The standard InChI is InChI=1S/C21H19Cl2N3O5S/c1-4-15-13(2)24-26(3)21(15)31-19-11-18(16(22)10-17(19)23)30-12-20(27)25-32(28,29)14-8-6-5-7-9-14/h4-11H,1,12H2,2-3H3,(H,25,27). The van der Waals surface area contributed by atoms with E-state index in [0.29, 0.717) is 11.4 Å². The van der Waals surface area contributed by atoms with Crippen LogP contribution in [-0.4, -0.2) is 30.7 Å². The van der Waals surface area contributed by atoms with Crippen molar-refractivity contribution in [3.8, 4) is 17.4 Å². The van der Waals surface area contributed by atoms with Crippen molar-refractivity contribution in [1.29, 1.82) is 0 Å². The molecule has 0 radical (unpaired) electrons. The number of halogens is 2. The van der Waals surface area contributed by atoms with Crippen molar-refractivity contribution in [3.05, 3.63) is 70.3 Å². The molecule has 0 aliphatic heterocycles. The summed E-state index contributed by atoms with van der Waals surface area (Å²) in [5.41, 5.74) is 1.40. The first-order valence-corrected chi connectivity index (χ1v) is 11.4. The van der Waals surface area contributed by atoms with Crippen molar-refractivity contribution in [2.45, 2.75) is 11.8 Å². The first-order valence-electron chi connectivity index (χ1n) is 9.19. The molecule has 0 saturated heterocycles. The van der Waals surface area contributed by atoms with Crippen LogP contribution in [0.4, 0.5) is 0 Å². The summed E-state index contributed by atoms with van der Waals surface area (Å²) in [5, 5.41) is 4.59. The van der Waals surface area contributed by atoms with Crippen LogP contribution >= 0.6 is 23.2 Å². The molecule has 0 spiro atoms. The number of hydrogen-bond donors (Lipinski definition) is 1. The van der Waals surface area contributed by atoms with E-state index in [-0.39, 0.29) is 26.4 Å². The molecule has 3 aromatic rings. The number of amides is 1. The molecule has 11 heteroatoms. The number of nitrogens with one attached hydrogen (secondary N) is 1. The van der Waals surface area contributed by atoms with E-state index >= 15 is 0 Å². The van der Waals surface area contributed by atoms with Crippen LogP contribution in [0.1, 0.15) is 11.3 Å². The molecule has 0 fully saturated rings. The van der Waals surface area contributed by atoms with Crippen molar-refractivity contribution in [2.75, 3.05) is 6.61 Å². The van der Waals surface area contributed by atoms with Crippen LogP contribution in [0.2, 0.25) is 10.0 Å². The van der Waals surface area contributed by atoms with Gasteiger partial charge in [0.15, 0.2) is 12.4 Å². The Morgan fingerprint density at radius 1 is 1.19 bits per heavy atom. The second-order valence-electron chi connectivity index (χ2n) is 6.58. The summed E-state index contributed by atoms with van der Waals surface area (Å²) in [5.74, 6) is -0.190. The molecule has 32 heavy (non-hydrogen) atoms. The Bertz CT molecular complexity index is 1270. The topological polar surface area (TPSA) is 99.5 Å². The Hall–Kier alpha value is -3.01. The third kappa shape index (κ3) is 5.24. The van der Waals surface area contributed by atoms with Crippen molar-refractivity contribution in [1.82, 2.24) is 14.5 Å². The number of aromatic nitrogens is 2. The van der Waals surface area contributed by atoms with Crippen molar-refractivity contribution < 1.29 is 22.7 Å². The zero-order valence-electron chi connectivity index (χ0n) is 17.1. The molecule has 2 aromatic carbocycles. The average Bonchev–Trinajstić information content (AvgIpc) is 3.01. The average molecular weight is 496 g/mol. The fourth-order valence-electron chi connectivity index (χ4n) is 2.79. The summed E-state index contributed by atoms with van der Waals surface area (Å²) in [6, 6.07) is 10.3. The van der Waals surface area contributed by atoms with Gasteiger partial charge in [0.25, 0.3) is 15.9 Å². The van der Waals surface area contributed by atoms with E-state index < -0.39 is 22.5 Å². The highest BCUT2D eigenvalue weighted by atomic mass is 35.5. The molecule has 0 saturated carbocycles. The predicted octanol–water partition coefficient (Wildman–Crippen LogP) is 4.35. The molecule has 0 unspecified atom stereocenters. The van der Waals surface area contributed by atoms with Gasteiger partial charge in [-0.1, -0.05) is 54.1 Å². The minimum absolute atomic E-state index is 0.0435. The van der Waals surface area contributed by atoms with E-state index in [1.165, 1.54) is 28.9 Å². The van der Waals surface area contributed by atoms with E-state index in [1.54, 1.807) is 31.3 Å². The number of carbonyl (C=O) groups excluding carboxylic acids is 1. The van der Waals surface area contributed by atoms with Gasteiger partial charge in [0, 0.05) is 13.1 Å². The monoisotopic (exact) mass is 495 g/mol. The highest BCUT2D eigenvalue weighted by Crippen LogP contribution is 2.39. The maximum absolute atomic E-state index is 12.2. The van der Waals surface area contributed by atoms with Crippen molar-refractivity contribution in [2.24, 2.45) is 7.05 Å². The van der Waals surface area contributed by atoms with Gasteiger partial charge in [-0.15, -0.1) is 0 Å². The molecule has 8 nitrogen and oxygen atoms in total. The smallest absolute Gasteiger partial charge is 0.271 e. The third-order valence-corrected chi connectivity index (χ3v) is 6.25. The van der Waals surface area contributed by atoms with Crippen molar-refractivity contribution in [3.63, 3.8) is 0 Å². The van der Waals surface area contributed by atoms with Crippen LogP contribution in [0.3, 0.4) is 0 Å². The van der Waals surface area contributed by atoms with Crippen LogP contribution in [0.5, 0.6) is 17.4 Å². The molecule has 0 atom stereocenters. The van der Waals surface area contributed by atoms with Gasteiger partial charge < -0.3 is 9.47 Å². The first-order chi connectivity index (χ1) is 15.1. The molecule has 1 N–H and O–H groups in total. The molecule has 1 amide bonds. The lowest BCUT2D eigenvalue weighted by molar-refractivity contribution is -0.121. The van der Waals surface area contributed by atoms with Gasteiger partial charge in [0.1, 0.15) is 5.75 Å². The summed E-state index contributed by atoms with van der Waals surface area (Å²) < 4.78 is 39.3. The number of sulfonamides is 1. The SMILES string of the molecule is C=Cc1c(C)nn(C)c1Oc1cc(OCC(=O)NS(=O)(=O)c2ccccc2)c(Cl)cc1Cl. The van der Waals surface area contributed by atoms with E-state index in [1.807, 2.05) is 11.6 Å². The van der Waals surface area contributed by atoms with Gasteiger partial charge in [-0.05, 0) is 25.1 Å². The zero-order valence-corrected chi connectivity index (χ0v) is 19.5. The van der Waals surface area contributed by atoms with Crippen LogP contribution in [0, 0.1) is 6.92 Å². The zero-order chi connectivity index (χ0) is 23.5. The Kier molecular flexibility index (Phi) is 7.12. The molecular weight excluding hydrogens is 477 g/mol. The number of ether oxygens (including phenoxy) is 2. The first kappa shape index (κ1) is 23.6. The summed E-state index contributed by atoms with van der Waals surface area (Å²) in [4.78, 5) is 12.1. The van der Waals surface area contributed by atoms with Crippen LogP contribution in [0.15, 0.2) is 53.9 Å². The Labute approximate surface area is 195 Å². The minimum Gasteiger partial charge on any atom is -0.482 e. The molecule has 1 heterocycles. The minimum atomic E-state index is -4.02. The van der Waals surface area contributed by atoms with Gasteiger partial charge >= 0.3 is 0 Å². The number of hydrogen-bond acceptors (Lipinski definition) is 6. The van der Waals surface area contributed by atoms with Crippen LogP contribution in [-0.2, 0) is 21.9 Å². The highest BCUT2D eigenvalue weighted by Gasteiger charge is 2.20. The number of benzene rings is 2. The molecule has 0 aliphatic rings. The van der Waals surface area contributed by atoms with E-state index in [0.717, 1.165) is 5.69 Å². The Balaban J connectivity index is 1.75. The lowest BCUT2D eigenvalue weighted by Crippen LogP contribution is -2.34. The summed E-state index contributed by atoms with van der Waals surface area (Å²) in [6.07, 6.45) is 1.61. The Morgan fingerprint density at radius 3 is 2.50 bits per heavy atom. The van der Waals surface area contributed by atoms with E-state index in [9.17, 15) is 13.2 Å². The molecule has 168 valence electrons. The predicted molar refractivity (Wildman–Crippen MR) is 122 cm³/mol. The largest absolute Gasteiger partial charge is 0.482 e. The summed E-state index contributed by atoms with van der Waals surface area (Å²) in [6.45, 7) is 4.96. The highest BCUT2D eigenvalue weighted by molar-refractivity contribution is 7.90. The molecular formula is C21H19Cl2N3O5S. The molecule has 3 rings (SSSR count). The molecule has 0 aliphatic carbocycles. The van der Waals surface area contributed by atoms with Crippen LogP contribution < -0.4 is 14.2 Å². The quantitative estimate of drug-likeness (QED) is 0.498. The number of rotatable bonds is 8. The number of nitrogens with zero attached hydrogens (tertiary/aromatic N) is 2. The van der Waals surface area contributed by atoms with Gasteiger partial charge in [0.2, 0.25) is 5.88 Å². The van der Waals surface area contributed by atoms with E-state index in [4.69, 9.17) is 32.7 Å². The second kappa shape index (κ2) is 9.64. The van der Waals surface area contributed by atoms with Crippen LogP contribution in [0.25, 0.3) is 6.08 Å². The number of carbonyl (C=O) groups is 1. The van der Waals surface area contributed by atoms with Gasteiger partial charge in [-0.2, -0.15) is 5.10 Å². The normalized spacial score (nSPS) is 11.1. The second-order valence-corrected chi connectivity index (χ2v) is 9.07. The Morgan fingerprint density at radius 2 is 1.84 bits per heavy atom. The number of aryl methyl sites for hydroxylation is 2. The molecule has 1 aromatic heterocycles. The lowest BCUT2D eigenvalue weighted by atomic mass is 10.2. The maximum atomic E-state index is 12.2. The van der Waals surface area contributed by atoms with Gasteiger partial charge in [-0.25, -0.2) is 17.8 Å². The van der Waals surface area contributed by atoms with E-state index in [2.05, 4.69) is 11.7 Å². The van der Waals surface area contributed by atoms with Gasteiger partial charge in [-0.3, -0.25) is 4.79 Å². The fraction of sp³-hybridized carbons (Fsp3) is 0.143. The van der Waals surface area contributed by atoms with Gasteiger partial charge in [0.05, 0.1) is 26.2 Å². The van der Waals surface area contributed by atoms with Crippen molar-refractivity contribution >= 4 is 45.2 Å². The maximum Gasteiger partial charge on any atom is 0.271 e.